The summed E-state index contributed by atoms with van der Waals surface area (Å²) in [6, 6.07) is 10.3. The molecule has 4 nitrogen and oxygen atoms in total. The number of carbonyl (C=O) groups is 1. The molecule has 0 N–H and O–H groups in total. The molecule has 2 saturated heterocycles. The molecule has 0 unspecified atom stereocenters. The van der Waals surface area contributed by atoms with Crippen LogP contribution < -0.4 is 0 Å². The Kier molecular flexibility index (Phi) is 4.38. The van der Waals surface area contributed by atoms with Crippen molar-refractivity contribution in [2.45, 2.75) is 44.2 Å². The minimum atomic E-state index is 0.0292. The Balaban J connectivity index is 1.45. The maximum atomic E-state index is 12.9. The van der Waals surface area contributed by atoms with Crippen molar-refractivity contribution in [3.63, 3.8) is 0 Å². The number of benzene rings is 1. The summed E-state index contributed by atoms with van der Waals surface area (Å²) in [5, 5.41) is 0. The topological polar surface area (TPSA) is 36.4 Å². The molecule has 132 valence electrons. The fourth-order valence-corrected chi connectivity index (χ4v) is 5.18. The summed E-state index contributed by atoms with van der Waals surface area (Å²) in [6.45, 7) is 5.18. The molecule has 25 heavy (non-hydrogen) atoms. The Hall–Kier alpha value is -1.72. The number of hydrogen-bond donors (Lipinski definition) is 0. The smallest absolute Gasteiger partial charge is 0.230 e. The number of thiazole rings is 1. The van der Waals surface area contributed by atoms with E-state index in [-0.39, 0.29) is 17.4 Å². The van der Waals surface area contributed by atoms with Crippen LogP contribution in [-0.4, -0.2) is 46.4 Å². The number of hydrogen-bond acceptors (Lipinski definition) is 4. The molecule has 2 aliphatic rings. The summed E-state index contributed by atoms with van der Waals surface area (Å²) in [5.74, 6) is 0.319. The fourth-order valence-electron chi connectivity index (χ4n) is 4.37. The fraction of sp³-hybridized carbons (Fsp3) is 0.500. The van der Waals surface area contributed by atoms with Gasteiger partial charge < -0.3 is 4.90 Å². The van der Waals surface area contributed by atoms with E-state index in [0.717, 1.165) is 44.6 Å². The number of carbonyl (C=O) groups excluding carboxylic acids is 1. The standard InChI is InChI=1S/C20H25N3OS/c1-15-18(25-14-21-15)13-23-10-8-20(9-11-23)12-17(19(24)22(20)2)16-6-4-3-5-7-16/h3-7,14,17H,8-13H2,1-2H3/t17-/m0/s1. The molecule has 1 atom stereocenters. The third-order valence-corrected chi connectivity index (χ3v) is 7.04. The highest BCUT2D eigenvalue weighted by atomic mass is 32.1. The number of aryl methyl sites for hydroxylation is 1. The van der Waals surface area contributed by atoms with Gasteiger partial charge in [-0.2, -0.15) is 0 Å². The molecule has 0 aliphatic carbocycles. The molecule has 0 radical (unpaired) electrons. The van der Waals surface area contributed by atoms with E-state index in [1.165, 1.54) is 10.4 Å². The second-order valence-electron chi connectivity index (χ2n) is 7.43. The minimum absolute atomic E-state index is 0.0292. The molecule has 1 aromatic heterocycles. The Morgan fingerprint density at radius 3 is 2.60 bits per heavy atom. The highest BCUT2D eigenvalue weighted by Gasteiger charge is 2.50. The number of likely N-dealkylation sites (tertiary alicyclic amines) is 2. The first-order chi connectivity index (χ1) is 12.1. The third-order valence-electron chi connectivity index (χ3n) is 6.13. The van der Waals surface area contributed by atoms with Crippen LogP contribution >= 0.6 is 11.3 Å². The Morgan fingerprint density at radius 2 is 1.96 bits per heavy atom. The minimum Gasteiger partial charge on any atom is -0.339 e. The summed E-state index contributed by atoms with van der Waals surface area (Å²) in [6.07, 6.45) is 3.09. The summed E-state index contributed by atoms with van der Waals surface area (Å²) in [4.78, 5) is 23.2. The summed E-state index contributed by atoms with van der Waals surface area (Å²) >= 11 is 1.75. The monoisotopic (exact) mass is 355 g/mol. The number of nitrogens with zero attached hydrogens (tertiary/aromatic N) is 3. The van der Waals surface area contributed by atoms with E-state index in [1.54, 1.807) is 11.3 Å². The molecule has 2 fully saturated rings. The molecule has 2 aliphatic heterocycles. The second-order valence-corrected chi connectivity index (χ2v) is 8.37. The lowest BCUT2D eigenvalue weighted by Crippen LogP contribution is -2.51. The molecule has 3 heterocycles. The van der Waals surface area contributed by atoms with Gasteiger partial charge in [-0.25, -0.2) is 4.98 Å². The highest BCUT2D eigenvalue weighted by molar-refractivity contribution is 7.09. The zero-order chi connectivity index (χ0) is 17.4. The van der Waals surface area contributed by atoms with Gasteiger partial charge in [-0.1, -0.05) is 30.3 Å². The predicted molar refractivity (Wildman–Crippen MR) is 101 cm³/mol. The van der Waals surface area contributed by atoms with E-state index in [4.69, 9.17) is 0 Å². The molecule has 1 amide bonds. The van der Waals surface area contributed by atoms with Crippen LogP contribution in [0.4, 0.5) is 0 Å². The van der Waals surface area contributed by atoms with E-state index >= 15 is 0 Å². The second kappa shape index (κ2) is 6.54. The van der Waals surface area contributed by atoms with E-state index in [0.29, 0.717) is 0 Å². The van der Waals surface area contributed by atoms with Gasteiger partial charge in [0, 0.05) is 37.1 Å². The first kappa shape index (κ1) is 16.7. The lowest BCUT2D eigenvalue weighted by molar-refractivity contribution is -0.131. The maximum Gasteiger partial charge on any atom is 0.230 e. The van der Waals surface area contributed by atoms with Crippen LogP contribution in [0.25, 0.3) is 0 Å². The lowest BCUT2D eigenvalue weighted by atomic mass is 9.81. The average Bonchev–Trinajstić information content (AvgIpc) is 3.15. The first-order valence-corrected chi connectivity index (χ1v) is 9.91. The Labute approximate surface area is 153 Å². The van der Waals surface area contributed by atoms with E-state index in [9.17, 15) is 4.79 Å². The molecular formula is C20H25N3OS. The van der Waals surface area contributed by atoms with Crippen LogP contribution in [0.1, 0.15) is 41.3 Å². The average molecular weight is 356 g/mol. The molecule has 5 heteroatoms. The van der Waals surface area contributed by atoms with Crippen molar-refractivity contribution in [2.24, 2.45) is 0 Å². The maximum absolute atomic E-state index is 12.9. The van der Waals surface area contributed by atoms with Crippen molar-refractivity contribution in [1.82, 2.24) is 14.8 Å². The quantitative estimate of drug-likeness (QED) is 0.846. The van der Waals surface area contributed by atoms with Crippen molar-refractivity contribution in [3.05, 3.63) is 52.0 Å². The van der Waals surface area contributed by atoms with Crippen molar-refractivity contribution >= 4 is 17.2 Å². The molecule has 2 aromatic rings. The van der Waals surface area contributed by atoms with E-state index < -0.39 is 0 Å². The molecule has 0 bridgehead atoms. The van der Waals surface area contributed by atoms with Gasteiger partial charge in [0.15, 0.2) is 0 Å². The summed E-state index contributed by atoms with van der Waals surface area (Å²) < 4.78 is 0. The first-order valence-electron chi connectivity index (χ1n) is 9.03. The third kappa shape index (κ3) is 3.00. The van der Waals surface area contributed by atoms with Gasteiger partial charge in [0.2, 0.25) is 5.91 Å². The van der Waals surface area contributed by atoms with E-state index in [1.807, 2.05) is 30.8 Å². The van der Waals surface area contributed by atoms with Gasteiger partial charge in [-0.05, 0) is 31.7 Å². The van der Waals surface area contributed by atoms with Crippen LogP contribution in [0, 0.1) is 6.92 Å². The van der Waals surface area contributed by atoms with Crippen molar-refractivity contribution < 1.29 is 4.79 Å². The summed E-state index contributed by atoms with van der Waals surface area (Å²) in [7, 11) is 2.01. The molecular weight excluding hydrogens is 330 g/mol. The van der Waals surface area contributed by atoms with Crippen molar-refractivity contribution in [3.8, 4) is 0 Å². The van der Waals surface area contributed by atoms with Gasteiger partial charge in [-0.3, -0.25) is 9.69 Å². The van der Waals surface area contributed by atoms with Crippen LogP contribution in [0.15, 0.2) is 35.8 Å². The zero-order valence-electron chi connectivity index (χ0n) is 14.9. The number of aromatic nitrogens is 1. The number of rotatable bonds is 3. The number of likely N-dealkylation sites (N-methyl/N-ethyl adjacent to an activating group) is 1. The normalized spacial score (nSPS) is 23.5. The van der Waals surface area contributed by atoms with Gasteiger partial charge >= 0.3 is 0 Å². The Bertz CT molecular complexity index is 749. The number of amides is 1. The SMILES string of the molecule is Cc1ncsc1CN1CCC2(CC1)C[C@@H](c1ccccc1)C(=O)N2C. The molecule has 1 spiro atoms. The summed E-state index contributed by atoms with van der Waals surface area (Å²) in [5.41, 5.74) is 4.29. The highest BCUT2D eigenvalue weighted by Crippen LogP contribution is 2.45. The molecule has 1 aromatic carbocycles. The molecule has 0 saturated carbocycles. The zero-order valence-corrected chi connectivity index (χ0v) is 15.8. The van der Waals surface area contributed by atoms with Gasteiger partial charge in [0.1, 0.15) is 0 Å². The van der Waals surface area contributed by atoms with Gasteiger partial charge in [0.05, 0.1) is 17.1 Å². The lowest BCUT2D eigenvalue weighted by Gasteiger charge is -2.43. The van der Waals surface area contributed by atoms with Crippen LogP contribution in [0.3, 0.4) is 0 Å². The van der Waals surface area contributed by atoms with Gasteiger partial charge in [-0.15, -0.1) is 11.3 Å². The number of piperidine rings is 1. The largest absolute Gasteiger partial charge is 0.339 e. The molecule has 4 rings (SSSR count). The van der Waals surface area contributed by atoms with Gasteiger partial charge in [0.25, 0.3) is 0 Å². The Morgan fingerprint density at radius 1 is 1.24 bits per heavy atom. The van der Waals surface area contributed by atoms with Crippen molar-refractivity contribution in [2.75, 3.05) is 20.1 Å². The van der Waals surface area contributed by atoms with Crippen LogP contribution in [-0.2, 0) is 11.3 Å². The van der Waals surface area contributed by atoms with Crippen molar-refractivity contribution in [1.29, 1.82) is 0 Å². The van der Waals surface area contributed by atoms with Crippen LogP contribution in [0.5, 0.6) is 0 Å². The predicted octanol–water partition coefficient (Wildman–Crippen LogP) is 3.43. The van der Waals surface area contributed by atoms with Crippen LogP contribution in [0.2, 0.25) is 0 Å². The van der Waals surface area contributed by atoms with E-state index in [2.05, 4.69) is 33.8 Å².